The van der Waals surface area contributed by atoms with Crippen molar-refractivity contribution < 1.29 is 0 Å². The second-order valence-corrected chi connectivity index (χ2v) is 5.95. The van der Waals surface area contributed by atoms with Gasteiger partial charge in [-0.25, -0.2) is 4.98 Å². The van der Waals surface area contributed by atoms with Crippen molar-refractivity contribution in [2.45, 2.75) is 13.0 Å². The van der Waals surface area contributed by atoms with E-state index in [9.17, 15) is 0 Å². The van der Waals surface area contributed by atoms with Gasteiger partial charge in [0.2, 0.25) is 0 Å². The predicted molar refractivity (Wildman–Crippen MR) is 80.7 cm³/mol. The van der Waals surface area contributed by atoms with Crippen LogP contribution in [-0.2, 0) is 7.05 Å². The SMILES string of the molecule is CNC(c1ccc(Br)cc1Br)c1cnc(C)n1C. The lowest BCUT2D eigenvalue weighted by Crippen LogP contribution is -2.21. The summed E-state index contributed by atoms with van der Waals surface area (Å²) in [7, 11) is 4.00. The molecule has 0 saturated carbocycles. The van der Waals surface area contributed by atoms with Crippen molar-refractivity contribution in [3.63, 3.8) is 0 Å². The standard InChI is InChI=1S/C13H15Br2N3/c1-8-17-7-12(18(8)3)13(16-2)10-5-4-9(14)6-11(10)15/h4-7,13,16H,1-3H3. The number of rotatable bonds is 3. The molecule has 0 radical (unpaired) electrons. The number of hydrogen-bond donors (Lipinski definition) is 1. The van der Waals surface area contributed by atoms with Crippen LogP contribution in [0.2, 0.25) is 0 Å². The van der Waals surface area contributed by atoms with E-state index >= 15 is 0 Å². The molecule has 0 amide bonds. The molecule has 96 valence electrons. The molecule has 0 saturated heterocycles. The molecule has 1 aromatic carbocycles. The first-order valence-corrected chi connectivity index (χ1v) is 7.23. The fourth-order valence-electron chi connectivity index (χ4n) is 1.99. The monoisotopic (exact) mass is 371 g/mol. The van der Waals surface area contributed by atoms with Gasteiger partial charge in [-0.1, -0.05) is 37.9 Å². The molecule has 5 heteroatoms. The molecule has 0 spiro atoms. The lowest BCUT2D eigenvalue weighted by Gasteiger charge is -2.19. The van der Waals surface area contributed by atoms with Crippen LogP contribution >= 0.6 is 31.9 Å². The van der Waals surface area contributed by atoms with Gasteiger partial charge in [0.05, 0.1) is 17.9 Å². The first kappa shape index (κ1) is 13.8. The van der Waals surface area contributed by atoms with Crippen molar-refractivity contribution in [1.29, 1.82) is 0 Å². The predicted octanol–water partition coefficient (Wildman–Crippen LogP) is 3.56. The number of nitrogens with zero attached hydrogens (tertiary/aromatic N) is 2. The van der Waals surface area contributed by atoms with Gasteiger partial charge in [0.25, 0.3) is 0 Å². The molecule has 1 heterocycles. The van der Waals surface area contributed by atoms with Gasteiger partial charge in [0.1, 0.15) is 5.82 Å². The second-order valence-electron chi connectivity index (χ2n) is 4.18. The summed E-state index contributed by atoms with van der Waals surface area (Å²) in [5.74, 6) is 1.01. The molecule has 2 aromatic rings. The van der Waals surface area contributed by atoms with Gasteiger partial charge in [0.15, 0.2) is 0 Å². The van der Waals surface area contributed by atoms with Crippen molar-refractivity contribution in [3.05, 3.63) is 50.4 Å². The first-order chi connectivity index (χ1) is 8.54. The van der Waals surface area contributed by atoms with Crippen LogP contribution in [-0.4, -0.2) is 16.6 Å². The molecule has 18 heavy (non-hydrogen) atoms. The molecule has 1 atom stereocenters. The molecule has 1 N–H and O–H groups in total. The van der Waals surface area contributed by atoms with Gasteiger partial charge in [0, 0.05) is 16.0 Å². The maximum atomic E-state index is 4.36. The third-order valence-corrected chi connectivity index (χ3v) is 4.29. The maximum Gasteiger partial charge on any atom is 0.105 e. The summed E-state index contributed by atoms with van der Waals surface area (Å²) in [5, 5.41) is 3.34. The van der Waals surface area contributed by atoms with E-state index < -0.39 is 0 Å². The van der Waals surface area contributed by atoms with E-state index in [1.807, 2.05) is 33.3 Å². The van der Waals surface area contributed by atoms with Crippen molar-refractivity contribution in [2.75, 3.05) is 7.05 Å². The van der Waals surface area contributed by atoms with Crippen LogP contribution in [0, 0.1) is 6.92 Å². The Labute approximate surface area is 124 Å². The van der Waals surface area contributed by atoms with Crippen molar-refractivity contribution >= 4 is 31.9 Å². The molecule has 1 unspecified atom stereocenters. The minimum Gasteiger partial charge on any atom is -0.334 e. The van der Waals surface area contributed by atoms with E-state index in [1.165, 1.54) is 5.56 Å². The zero-order chi connectivity index (χ0) is 13.3. The molecular formula is C13H15Br2N3. The highest BCUT2D eigenvalue weighted by Crippen LogP contribution is 2.30. The van der Waals surface area contributed by atoms with Gasteiger partial charge in [-0.3, -0.25) is 0 Å². The molecule has 0 fully saturated rings. The Morgan fingerprint density at radius 1 is 1.33 bits per heavy atom. The lowest BCUT2D eigenvalue weighted by molar-refractivity contribution is 0.630. The van der Waals surface area contributed by atoms with Crippen LogP contribution in [0.15, 0.2) is 33.3 Å². The largest absolute Gasteiger partial charge is 0.334 e. The van der Waals surface area contributed by atoms with E-state index in [1.54, 1.807) is 0 Å². The van der Waals surface area contributed by atoms with Crippen LogP contribution in [0.3, 0.4) is 0 Å². The van der Waals surface area contributed by atoms with Crippen LogP contribution in [0.5, 0.6) is 0 Å². The van der Waals surface area contributed by atoms with E-state index in [2.05, 4.69) is 58.9 Å². The summed E-state index contributed by atoms with van der Waals surface area (Å²) in [6.07, 6.45) is 1.92. The smallest absolute Gasteiger partial charge is 0.105 e. The van der Waals surface area contributed by atoms with Gasteiger partial charge in [-0.05, 0) is 31.7 Å². The van der Waals surface area contributed by atoms with Crippen molar-refractivity contribution in [3.8, 4) is 0 Å². The van der Waals surface area contributed by atoms with E-state index in [0.29, 0.717) is 0 Å². The number of hydrogen-bond acceptors (Lipinski definition) is 2. The molecule has 3 nitrogen and oxygen atoms in total. The summed E-state index contributed by atoms with van der Waals surface area (Å²) < 4.78 is 4.25. The second kappa shape index (κ2) is 5.55. The van der Waals surface area contributed by atoms with Gasteiger partial charge < -0.3 is 9.88 Å². The highest BCUT2D eigenvalue weighted by Gasteiger charge is 2.18. The van der Waals surface area contributed by atoms with Gasteiger partial charge in [-0.2, -0.15) is 0 Å². The molecule has 1 aromatic heterocycles. The van der Waals surface area contributed by atoms with Crippen molar-refractivity contribution in [1.82, 2.24) is 14.9 Å². The Balaban J connectivity index is 2.48. The molecule has 0 aliphatic rings. The Hall–Kier alpha value is -0.650. The summed E-state index contributed by atoms with van der Waals surface area (Å²) in [6.45, 7) is 2.01. The lowest BCUT2D eigenvalue weighted by atomic mass is 10.0. The fraction of sp³-hybridized carbons (Fsp3) is 0.308. The van der Waals surface area contributed by atoms with Crippen molar-refractivity contribution in [2.24, 2.45) is 7.05 Å². The molecular weight excluding hydrogens is 358 g/mol. The van der Waals surface area contributed by atoms with Crippen LogP contribution in [0.4, 0.5) is 0 Å². The number of benzene rings is 1. The average Bonchev–Trinajstić information content (AvgIpc) is 2.65. The summed E-state index contributed by atoms with van der Waals surface area (Å²) in [5.41, 5.74) is 2.35. The third kappa shape index (κ3) is 2.53. The van der Waals surface area contributed by atoms with E-state index in [4.69, 9.17) is 0 Å². The quantitative estimate of drug-likeness (QED) is 0.892. The number of aryl methyl sites for hydroxylation is 1. The highest BCUT2D eigenvalue weighted by molar-refractivity contribution is 9.11. The Morgan fingerprint density at radius 2 is 2.06 bits per heavy atom. The first-order valence-electron chi connectivity index (χ1n) is 5.65. The minimum atomic E-state index is 0.124. The fourth-order valence-corrected chi connectivity index (χ4v) is 3.26. The molecule has 0 aliphatic carbocycles. The normalized spacial score (nSPS) is 12.7. The van der Waals surface area contributed by atoms with Gasteiger partial charge >= 0.3 is 0 Å². The number of nitrogens with one attached hydrogen (secondary N) is 1. The topological polar surface area (TPSA) is 29.9 Å². The molecule has 0 bridgehead atoms. The average molecular weight is 373 g/mol. The third-order valence-electron chi connectivity index (χ3n) is 3.11. The zero-order valence-corrected chi connectivity index (χ0v) is 13.7. The zero-order valence-electron chi connectivity index (χ0n) is 10.5. The van der Waals surface area contributed by atoms with Crippen LogP contribution < -0.4 is 5.32 Å². The molecule has 2 rings (SSSR count). The summed E-state index contributed by atoms with van der Waals surface area (Å²) in [6, 6.07) is 6.34. The Bertz CT molecular complexity index is 563. The summed E-state index contributed by atoms with van der Waals surface area (Å²) in [4.78, 5) is 4.36. The summed E-state index contributed by atoms with van der Waals surface area (Å²) >= 11 is 7.09. The maximum absolute atomic E-state index is 4.36. The van der Waals surface area contributed by atoms with Gasteiger partial charge in [-0.15, -0.1) is 0 Å². The Morgan fingerprint density at radius 3 is 2.56 bits per heavy atom. The number of aromatic nitrogens is 2. The van der Waals surface area contributed by atoms with Crippen LogP contribution in [0.25, 0.3) is 0 Å². The number of imidazole rings is 1. The Kier molecular flexibility index (Phi) is 4.25. The van der Waals surface area contributed by atoms with E-state index in [0.717, 1.165) is 20.5 Å². The van der Waals surface area contributed by atoms with Crippen LogP contribution in [0.1, 0.15) is 23.1 Å². The minimum absolute atomic E-state index is 0.124. The molecule has 0 aliphatic heterocycles. The van der Waals surface area contributed by atoms with E-state index in [-0.39, 0.29) is 6.04 Å². The highest BCUT2D eigenvalue weighted by atomic mass is 79.9. The number of halogens is 2.